The first-order valence-electron chi connectivity index (χ1n) is 13.3. The van der Waals surface area contributed by atoms with Crippen LogP contribution in [0.2, 0.25) is 5.02 Å². The van der Waals surface area contributed by atoms with Gasteiger partial charge >= 0.3 is 6.03 Å². The minimum absolute atomic E-state index is 0.0152. The fraction of sp³-hybridized carbons (Fsp3) is 0.258. The Hall–Kier alpha value is -4.14. The zero-order valence-corrected chi connectivity index (χ0v) is 23.0. The van der Waals surface area contributed by atoms with Crippen LogP contribution in [0.3, 0.4) is 0 Å². The summed E-state index contributed by atoms with van der Waals surface area (Å²) >= 11 is 6.19. The largest absolute Gasteiger partial charge is 0.490 e. The number of fused-ring (bicyclic) bond motifs is 1. The molecule has 3 aromatic carbocycles. The molecule has 40 heavy (non-hydrogen) atoms. The summed E-state index contributed by atoms with van der Waals surface area (Å²) in [6.07, 6.45) is 6.34. The highest BCUT2D eigenvalue weighted by molar-refractivity contribution is 6.31. The maximum Gasteiger partial charge on any atom is 0.323 e. The number of hydrogen-bond donors (Lipinski definition) is 2. The van der Waals surface area contributed by atoms with Crippen molar-refractivity contribution in [3.63, 3.8) is 0 Å². The number of rotatable bonds is 8. The third-order valence-electron chi connectivity index (χ3n) is 6.75. The Bertz CT molecular complexity index is 1460. The van der Waals surface area contributed by atoms with Crippen LogP contribution in [0.5, 0.6) is 17.2 Å². The Morgan fingerprint density at radius 3 is 2.70 bits per heavy atom. The number of likely N-dealkylation sites (tertiary alicyclic amines) is 1. The van der Waals surface area contributed by atoms with Crippen LogP contribution < -0.4 is 20.1 Å². The summed E-state index contributed by atoms with van der Waals surface area (Å²) < 4.78 is 12.0. The number of ether oxygens (including phenoxy) is 2. The fourth-order valence-corrected chi connectivity index (χ4v) is 4.82. The number of anilines is 2. The molecule has 0 aromatic heterocycles. The van der Waals surface area contributed by atoms with E-state index >= 15 is 0 Å². The van der Waals surface area contributed by atoms with E-state index in [1.807, 2.05) is 13.0 Å². The molecule has 206 valence electrons. The Morgan fingerprint density at radius 1 is 1.05 bits per heavy atom. The maximum atomic E-state index is 12.9. The number of amides is 2. The lowest BCUT2D eigenvalue weighted by molar-refractivity contribution is 0.0995. The fourth-order valence-electron chi connectivity index (χ4n) is 4.64. The summed E-state index contributed by atoms with van der Waals surface area (Å²) in [5, 5.41) is 6.15. The molecular formula is C31H31ClN4O4. The van der Waals surface area contributed by atoms with E-state index in [1.165, 1.54) is 12.8 Å². The van der Waals surface area contributed by atoms with Crippen LogP contribution in [0.15, 0.2) is 77.3 Å². The molecule has 2 amide bonds. The van der Waals surface area contributed by atoms with Crippen LogP contribution in [-0.4, -0.2) is 49.2 Å². The van der Waals surface area contributed by atoms with Crippen molar-refractivity contribution < 1.29 is 19.1 Å². The highest BCUT2D eigenvalue weighted by Gasteiger charge is 2.17. The van der Waals surface area contributed by atoms with Gasteiger partial charge in [0.25, 0.3) is 0 Å². The van der Waals surface area contributed by atoms with Gasteiger partial charge in [0.2, 0.25) is 0 Å². The van der Waals surface area contributed by atoms with Gasteiger partial charge in [-0.05, 0) is 87.0 Å². The molecule has 8 nitrogen and oxygen atoms in total. The first-order valence-corrected chi connectivity index (χ1v) is 13.7. The van der Waals surface area contributed by atoms with E-state index in [-0.39, 0.29) is 5.78 Å². The van der Waals surface area contributed by atoms with Gasteiger partial charge in [0.1, 0.15) is 23.9 Å². The van der Waals surface area contributed by atoms with Crippen molar-refractivity contribution >= 4 is 46.7 Å². The van der Waals surface area contributed by atoms with Gasteiger partial charge < -0.3 is 20.1 Å². The number of carbonyl (C=O) groups is 2. The molecule has 5 rings (SSSR count). The number of ketones is 1. The molecule has 2 aliphatic heterocycles. The highest BCUT2D eigenvalue weighted by atomic mass is 35.5. The van der Waals surface area contributed by atoms with Crippen LogP contribution in [0.1, 0.15) is 36.5 Å². The average Bonchev–Trinajstić information content (AvgIpc) is 3.40. The second-order valence-corrected chi connectivity index (χ2v) is 10.1. The number of Topliss-reactive ketones (excluding diaryl/α,β-unsaturated/α-hetero) is 1. The minimum atomic E-state index is -0.447. The van der Waals surface area contributed by atoms with Crippen LogP contribution in [0.4, 0.5) is 21.9 Å². The van der Waals surface area contributed by atoms with Gasteiger partial charge in [-0.1, -0.05) is 23.7 Å². The van der Waals surface area contributed by atoms with Gasteiger partial charge in [0.05, 0.1) is 11.4 Å². The van der Waals surface area contributed by atoms with Crippen LogP contribution >= 0.6 is 11.6 Å². The molecule has 0 saturated carbocycles. The van der Waals surface area contributed by atoms with Crippen LogP contribution in [-0.2, 0) is 0 Å². The van der Waals surface area contributed by atoms with Crippen LogP contribution in [0.25, 0.3) is 0 Å². The van der Waals surface area contributed by atoms with Gasteiger partial charge in [-0.25, -0.2) is 4.79 Å². The summed E-state index contributed by atoms with van der Waals surface area (Å²) in [5.41, 5.74) is 3.01. The number of urea groups is 1. The van der Waals surface area contributed by atoms with E-state index in [0.717, 1.165) is 25.2 Å². The second-order valence-electron chi connectivity index (χ2n) is 9.65. The lowest BCUT2D eigenvalue weighted by Gasteiger charge is -2.17. The number of nitrogens with zero attached hydrogens (tertiary/aromatic N) is 2. The lowest BCUT2D eigenvalue weighted by atomic mass is 10.0. The standard InChI is InChI=1S/C31H31ClN4O4/c1-2-21-16-29(37)26-19-25(9-10-27(26)33-20-21)40-24-7-5-6-23(18-24)34-31(38)35-28-17-22(32)8-11-30(28)39-15-14-36-12-3-4-13-36/h2,5-11,17-20H,3-4,12-16H2,1H3,(H2,34,35,38)/b21-2-. The second kappa shape index (κ2) is 12.8. The average molecular weight is 559 g/mol. The van der Waals surface area contributed by atoms with E-state index in [0.29, 0.717) is 57.9 Å². The van der Waals surface area contributed by atoms with Gasteiger partial charge in [-0.15, -0.1) is 0 Å². The molecule has 0 atom stereocenters. The monoisotopic (exact) mass is 558 g/mol. The third kappa shape index (κ3) is 7.08. The van der Waals surface area contributed by atoms with Gasteiger partial charge in [0.15, 0.2) is 5.78 Å². The molecule has 0 unspecified atom stereocenters. The molecule has 2 aliphatic rings. The van der Waals surface area contributed by atoms with E-state index in [2.05, 4.69) is 20.5 Å². The summed E-state index contributed by atoms with van der Waals surface area (Å²) in [7, 11) is 0. The molecule has 0 aliphatic carbocycles. The highest BCUT2D eigenvalue weighted by Crippen LogP contribution is 2.32. The van der Waals surface area contributed by atoms with E-state index in [1.54, 1.807) is 66.9 Å². The lowest BCUT2D eigenvalue weighted by Crippen LogP contribution is -2.25. The molecule has 0 bridgehead atoms. The van der Waals surface area contributed by atoms with E-state index < -0.39 is 6.03 Å². The molecule has 0 radical (unpaired) electrons. The Labute approximate surface area is 238 Å². The number of hydrogen-bond acceptors (Lipinski definition) is 6. The van der Waals surface area contributed by atoms with E-state index in [4.69, 9.17) is 21.1 Å². The molecule has 2 N–H and O–H groups in total. The zero-order valence-electron chi connectivity index (χ0n) is 22.3. The number of aliphatic imine (C=N–C) groups is 1. The number of benzene rings is 3. The minimum Gasteiger partial charge on any atom is -0.490 e. The van der Waals surface area contributed by atoms with Crippen molar-refractivity contribution in [1.29, 1.82) is 0 Å². The topological polar surface area (TPSA) is 92.3 Å². The quantitative estimate of drug-likeness (QED) is 0.299. The van der Waals surface area contributed by atoms with Crippen molar-refractivity contribution in [2.75, 3.05) is 36.9 Å². The number of carbonyl (C=O) groups excluding carboxylic acids is 2. The molecular weight excluding hydrogens is 528 g/mol. The predicted molar refractivity (Wildman–Crippen MR) is 159 cm³/mol. The van der Waals surface area contributed by atoms with Gasteiger partial charge in [0, 0.05) is 41.5 Å². The molecule has 9 heteroatoms. The van der Waals surface area contributed by atoms with Gasteiger partial charge in [-0.3, -0.25) is 14.7 Å². The van der Waals surface area contributed by atoms with E-state index in [9.17, 15) is 9.59 Å². The van der Waals surface area contributed by atoms with Crippen molar-refractivity contribution in [2.45, 2.75) is 26.2 Å². The van der Waals surface area contributed by atoms with Crippen molar-refractivity contribution in [3.05, 3.63) is 82.9 Å². The summed E-state index contributed by atoms with van der Waals surface area (Å²) in [6.45, 7) is 5.43. The van der Waals surface area contributed by atoms with Crippen LogP contribution in [0, 0.1) is 0 Å². The summed E-state index contributed by atoms with van der Waals surface area (Å²) in [6, 6.07) is 16.9. The third-order valence-corrected chi connectivity index (χ3v) is 6.99. The Morgan fingerprint density at radius 2 is 1.88 bits per heavy atom. The summed E-state index contributed by atoms with van der Waals surface area (Å²) in [4.78, 5) is 32.4. The SMILES string of the molecule is C/C=C1\C=Nc2ccc(Oc3cccc(NC(=O)Nc4cc(Cl)ccc4OCCN4CCCC4)c3)cc2C(=O)C1. The first kappa shape index (κ1) is 27.4. The van der Waals surface area contributed by atoms with Crippen molar-refractivity contribution in [2.24, 2.45) is 4.99 Å². The number of nitrogens with one attached hydrogen (secondary N) is 2. The smallest absolute Gasteiger partial charge is 0.323 e. The molecule has 3 aromatic rings. The molecule has 2 heterocycles. The Balaban J connectivity index is 1.22. The molecule has 0 spiro atoms. The predicted octanol–water partition coefficient (Wildman–Crippen LogP) is 7.49. The van der Waals surface area contributed by atoms with Gasteiger partial charge in [-0.2, -0.15) is 0 Å². The number of allylic oxidation sites excluding steroid dienone is 2. The van der Waals surface area contributed by atoms with Crippen molar-refractivity contribution in [3.8, 4) is 17.2 Å². The first-order chi connectivity index (χ1) is 19.5. The maximum absolute atomic E-state index is 12.9. The normalized spacial score (nSPS) is 15.9. The number of halogens is 1. The molecule has 1 saturated heterocycles. The molecule has 1 fully saturated rings. The van der Waals surface area contributed by atoms with Crippen molar-refractivity contribution in [1.82, 2.24) is 4.90 Å². The zero-order chi connectivity index (χ0) is 27.9. The summed E-state index contributed by atoms with van der Waals surface area (Å²) in [5.74, 6) is 1.55. The Kier molecular flexibility index (Phi) is 8.78.